The molecule has 0 aliphatic carbocycles. The number of carbonyl (C=O) groups is 1. The molecule has 4 nitrogen and oxygen atoms in total. The van der Waals surface area contributed by atoms with Crippen LogP contribution >= 0.6 is 0 Å². The van der Waals surface area contributed by atoms with E-state index in [2.05, 4.69) is 4.98 Å². The van der Waals surface area contributed by atoms with Crippen molar-refractivity contribution in [2.75, 3.05) is 5.32 Å². The van der Waals surface area contributed by atoms with Crippen molar-refractivity contribution in [1.29, 1.82) is 0 Å². The zero-order chi connectivity index (χ0) is 13.4. The molecule has 94 valence electrons. The van der Waals surface area contributed by atoms with Gasteiger partial charge in [-0.1, -0.05) is 0 Å². The van der Waals surface area contributed by atoms with Gasteiger partial charge in [0.25, 0.3) is 11.9 Å². The number of pyridine rings is 1. The molecule has 0 unspecified atom stereocenters. The molecule has 0 atom stereocenters. The Labute approximate surface area is 93.8 Å². The molecule has 8 heteroatoms. The summed E-state index contributed by atoms with van der Waals surface area (Å²) in [5.74, 6) is -8.02. The van der Waals surface area contributed by atoms with Crippen molar-refractivity contribution < 1.29 is 22.4 Å². The van der Waals surface area contributed by atoms with Crippen LogP contribution in [0.15, 0.2) is 0 Å². The lowest BCUT2D eigenvalue weighted by Crippen LogP contribution is -2.45. The number of hydrogen-bond acceptors (Lipinski definition) is 3. The normalized spacial score (nSPS) is 11.4. The van der Waals surface area contributed by atoms with Crippen LogP contribution in [0, 0.1) is 23.5 Å². The first-order chi connectivity index (χ1) is 7.66. The SMILES string of the molecule is CC(C)(Nc1c(F)c(F)nc(F)c1F)C(N)=O. The Kier molecular flexibility index (Phi) is 3.25. The molecule has 1 amide bonds. The van der Waals surface area contributed by atoms with Gasteiger partial charge in [0.2, 0.25) is 17.5 Å². The van der Waals surface area contributed by atoms with E-state index < -0.39 is 40.7 Å². The highest BCUT2D eigenvalue weighted by Gasteiger charge is 2.30. The Hall–Kier alpha value is -1.86. The minimum absolute atomic E-state index is 0.950. The molecule has 1 heterocycles. The molecule has 0 radical (unpaired) electrons. The molecule has 0 spiro atoms. The van der Waals surface area contributed by atoms with E-state index in [-0.39, 0.29) is 0 Å². The monoisotopic (exact) mass is 251 g/mol. The number of nitrogens with two attached hydrogens (primary N) is 1. The number of hydrogen-bond donors (Lipinski definition) is 2. The Bertz CT molecular complexity index is 450. The van der Waals surface area contributed by atoms with Crippen LogP contribution in [0.3, 0.4) is 0 Å². The zero-order valence-electron chi connectivity index (χ0n) is 8.94. The predicted molar refractivity (Wildman–Crippen MR) is 51.0 cm³/mol. The van der Waals surface area contributed by atoms with Crippen LogP contribution in [-0.2, 0) is 4.79 Å². The maximum absolute atomic E-state index is 13.2. The van der Waals surface area contributed by atoms with Crippen molar-refractivity contribution in [2.24, 2.45) is 5.73 Å². The highest BCUT2D eigenvalue weighted by atomic mass is 19.2. The third kappa shape index (κ3) is 2.45. The first-order valence-electron chi connectivity index (χ1n) is 4.45. The Morgan fingerprint density at radius 2 is 1.59 bits per heavy atom. The zero-order valence-corrected chi connectivity index (χ0v) is 8.94. The summed E-state index contributed by atoms with van der Waals surface area (Å²) >= 11 is 0. The summed E-state index contributed by atoms with van der Waals surface area (Å²) in [5, 5.41) is 1.99. The number of halogens is 4. The number of nitrogens with zero attached hydrogens (tertiary/aromatic N) is 1. The molecule has 0 fully saturated rings. The van der Waals surface area contributed by atoms with E-state index in [0.717, 1.165) is 0 Å². The van der Waals surface area contributed by atoms with E-state index in [9.17, 15) is 22.4 Å². The molecule has 1 rings (SSSR count). The van der Waals surface area contributed by atoms with Gasteiger partial charge in [0.15, 0.2) is 0 Å². The summed E-state index contributed by atoms with van der Waals surface area (Å²) in [6, 6.07) is 0. The van der Waals surface area contributed by atoms with Crippen LogP contribution in [0.2, 0.25) is 0 Å². The van der Waals surface area contributed by atoms with E-state index in [1.807, 2.05) is 5.32 Å². The third-order valence-corrected chi connectivity index (χ3v) is 2.05. The second kappa shape index (κ2) is 4.19. The molecule has 1 aromatic heterocycles. The van der Waals surface area contributed by atoms with Crippen molar-refractivity contribution in [3.63, 3.8) is 0 Å². The summed E-state index contributed by atoms with van der Waals surface area (Å²) in [7, 11) is 0. The van der Waals surface area contributed by atoms with Gasteiger partial charge in [-0.2, -0.15) is 22.5 Å². The van der Waals surface area contributed by atoms with Crippen molar-refractivity contribution in [2.45, 2.75) is 19.4 Å². The van der Waals surface area contributed by atoms with Crippen LogP contribution in [0.25, 0.3) is 0 Å². The van der Waals surface area contributed by atoms with Gasteiger partial charge in [-0.25, -0.2) is 0 Å². The third-order valence-electron chi connectivity index (χ3n) is 2.05. The lowest BCUT2D eigenvalue weighted by Gasteiger charge is -2.24. The standard InChI is InChI=1S/C9H9F4N3O/c1-9(2,8(14)17)16-5-3(10)6(12)15-7(13)4(5)11/h1-2H3,(H2,14,17)(H,15,16). The van der Waals surface area contributed by atoms with E-state index in [1.54, 1.807) is 0 Å². The first kappa shape index (κ1) is 13.2. The minimum atomic E-state index is -1.81. The van der Waals surface area contributed by atoms with Crippen LogP contribution in [0.1, 0.15) is 13.8 Å². The molecule has 0 aliphatic rings. The second-order valence-corrected chi connectivity index (χ2v) is 3.81. The van der Waals surface area contributed by atoms with Gasteiger partial charge in [0.1, 0.15) is 11.2 Å². The Morgan fingerprint density at radius 1 is 1.18 bits per heavy atom. The van der Waals surface area contributed by atoms with E-state index in [1.165, 1.54) is 13.8 Å². The van der Waals surface area contributed by atoms with Crippen LogP contribution in [-0.4, -0.2) is 16.4 Å². The van der Waals surface area contributed by atoms with Gasteiger partial charge in [0.05, 0.1) is 0 Å². The molecule has 17 heavy (non-hydrogen) atoms. The quantitative estimate of drug-likeness (QED) is 0.628. The van der Waals surface area contributed by atoms with Crippen molar-refractivity contribution in [3.05, 3.63) is 23.5 Å². The Morgan fingerprint density at radius 3 is 1.94 bits per heavy atom. The van der Waals surface area contributed by atoms with Gasteiger partial charge in [-0.05, 0) is 13.8 Å². The van der Waals surface area contributed by atoms with Gasteiger partial charge in [0, 0.05) is 0 Å². The molecule has 1 aromatic rings. The average Bonchev–Trinajstić information content (AvgIpc) is 2.21. The molecule has 0 aliphatic heterocycles. The lowest BCUT2D eigenvalue weighted by molar-refractivity contribution is -0.121. The first-order valence-corrected chi connectivity index (χ1v) is 4.45. The number of aromatic nitrogens is 1. The number of carbonyl (C=O) groups excluding carboxylic acids is 1. The fraction of sp³-hybridized carbons (Fsp3) is 0.333. The number of nitrogens with one attached hydrogen (secondary N) is 1. The minimum Gasteiger partial charge on any atom is -0.368 e. The van der Waals surface area contributed by atoms with Gasteiger partial charge < -0.3 is 11.1 Å². The summed E-state index contributed by atoms with van der Waals surface area (Å²) < 4.78 is 51.8. The smallest absolute Gasteiger partial charge is 0.253 e. The fourth-order valence-corrected chi connectivity index (χ4v) is 0.971. The lowest BCUT2D eigenvalue weighted by atomic mass is 10.0. The van der Waals surface area contributed by atoms with Gasteiger partial charge >= 0.3 is 0 Å². The fourth-order valence-electron chi connectivity index (χ4n) is 0.971. The number of anilines is 1. The number of amides is 1. The van der Waals surface area contributed by atoms with Gasteiger partial charge in [-0.3, -0.25) is 4.79 Å². The van der Waals surface area contributed by atoms with Crippen molar-refractivity contribution in [1.82, 2.24) is 4.98 Å². The van der Waals surface area contributed by atoms with Crippen LogP contribution in [0.4, 0.5) is 23.2 Å². The van der Waals surface area contributed by atoms with E-state index >= 15 is 0 Å². The van der Waals surface area contributed by atoms with E-state index in [4.69, 9.17) is 5.73 Å². The molecule has 0 saturated heterocycles. The van der Waals surface area contributed by atoms with Crippen molar-refractivity contribution >= 4 is 11.6 Å². The molecule has 0 aromatic carbocycles. The summed E-state index contributed by atoms with van der Waals surface area (Å²) in [6.45, 7) is 2.40. The summed E-state index contributed by atoms with van der Waals surface area (Å²) in [6.07, 6.45) is 0. The van der Waals surface area contributed by atoms with E-state index in [0.29, 0.717) is 0 Å². The maximum atomic E-state index is 13.2. The highest BCUT2D eigenvalue weighted by Crippen LogP contribution is 2.25. The molecule has 0 saturated carbocycles. The Balaban J connectivity index is 3.28. The highest BCUT2D eigenvalue weighted by molar-refractivity contribution is 5.87. The molecule has 0 bridgehead atoms. The average molecular weight is 251 g/mol. The molecular weight excluding hydrogens is 242 g/mol. The largest absolute Gasteiger partial charge is 0.368 e. The van der Waals surface area contributed by atoms with Gasteiger partial charge in [-0.15, -0.1) is 0 Å². The van der Waals surface area contributed by atoms with Crippen molar-refractivity contribution in [3.8, 4) is 0 Å². The molecular formula is C9H9F4N3O. The number of primary amides is 1. The molecule has 3 N–H and O–H groups in total. The van der Waals surface area contributed by atoms with Crippen LogP contribution < -0.4 is 11.1 Å². The summed E-state index contributed by atoms with van der Waals surface area (Å²) in [4.78, 5) is 13.3. The second-order valence-electron chi connectivity index (χ2n) is 3.81. The number of rotatable bonds is 3. The van der Waals surface area contributed by atoms with Crippen LogP contribution in [0.5, 0.6) is 0 Å². The predicted octanol–water partition coefficient (Wildman–Crippen LogP) is 1.31. The maximum Gasteiger partial charge on any atom is 0.253 e. The topological polar surface area (TPSA) is 68.0 Å². The summed E-state index contributed by atoms with van der Waals surface area (Å²) in [5.41, 5.74) is 2.24.